The van der Waals surface area contributed by atoms with Gasteiger partial charge in [0.05, 0.1) is 12.7 Å². The van der Waals surface area contributed by atoms with Crippen LogP contribution >= 0.6 is 0 Å². The minimum Gasteiger partial charge on any atom is -0.496 e. The van der Waals surface area contributed by atoms with E-state index >= 15 is 0 Å². The van der Waals surface area contributed by atoms with E-state index in [9.17, 15) is 4.79 Å². The molecule has 1 aromatic rings. The SMILES string of the molecule is CCOC(CC)C(=O)c1cc(C)ccc1OC. The van der Waals surface area contributed by atoms with Crippen molar-refractivity contribution >= 4 is 5.78 Å². The maximum Gasteiger partial charge on any atom is 0.195 e. The van der Waals surface area contributed by atoms with Crippen LogP contribution in [-0.2, 0) is 4.74 Å². The lowest BCUT2D eigenvalue weighted by Crippen LogP contribution is -2.24. The third-order valence-electron chi connectivity index (χ3n) is 2.65. The van der Waals surface area contributed by atoms with Gasteiger partial charge in [0.15, 0.2) is 5.78 Å². The van der Waals surface area contributed by atoms with Crippen molar-refractivity contribution in [3.8, 4) is 5.75 Å². The fourth-order valence-electron chi connectivity index (χ4n) is 1.77. The van der Waals surface area contributed by atoms with E-state index in [-0.39, 0.29) is 11.9 Å². The zero-order chi connectivity index (χ0) is 12.8. The van der Waals surface area contributed by atoms with Gasteiger partial charge < -0.3 is 9.47 Å². The monoisotopic (exact) mass is 236 g/mol. The van der Waals surface area contributed by atoms with E-state index in [4.69, 9.17) is 9.47 Å². The Bertz CT molecular complexity index is 385. The van der Waals surface area contributed by atoms with E-state index in [0.29, 0.717) is 24.3 Å². The highest BCUT2D eigenvalue weighted by atomic mass is 16.5. The van der Waals surface area contributed by atoms with Crippen molar-refractivity contribution in [1.82, 2.24) is 0 Å². The number of hydrogen-bond donors (Lipinski definition) is 0. The molecule has 94 valence electrons. The third-order valence-corrected chi connectivity index (χ3v) is 2.65. The highest BCUT2D eigenvalue weighted by Gasteiger charge is 2.21. The van der Waals surface area contributed by atoms with Crippen LogP contribution in [0.1, 0.15) is 36.2 Å². The van der Waals surface area contributed by atoms with Crippen LogP contribution in [0.3, 0.4) is 0 Å². The van der Waals surface area contributed by atoms with Gasteiger partial charge >= 0.3 is 0 Å². The Morgan fingerprint density at radius 3 is 2.59 bits per heavy atom. The van der Waals surface area contributed by atoms with Crippen molar-refractivity contribution in [3.63, 3.8) is 0 Å². The molecule has 3 heteroatoms. The Morgan fingerprint density at radius 1 is 1.35 bits per heavy atom. The molecule has 0 N–H and O–H groups in total. The van der Waals surface area contributed by atoms with Crippen LogP contribution in [0.25, 0.3) is 0 Å². The Balaban J connectivity index is 3.04. The number of Topliss-reactive ketones (excluding diaryl/α,β-unsaturated/α-hetero) is 1. The summed E-state index contributed by atoms with van der Waals surface area (Å²) in [5.41, 5.74) is 1.65. The van der Waals surface area contributed by atoms with Crippen LogP contribution in [-0.4, -0.2) is 25.6 Å². The summed E-state index contributed by atoms with van der Waals surface area (Å²) >= 11 is 0. The van der Waals surface area contributed by atoms with E-state index in [1.807, 2.05) is 39.0 Å². The molecule has 0 aliphatic rings. The van der Waals surface area contributed by atoms with Crippen molar-refractivity contribution < 1.29 is 14.3 Å². The second-order valence-corrected chi connectivity index (χ2v) is 3.92. The normalized spacial score (nSPS) is 12.2. The standard InChI is InChI=1S/C14H20O3/c1-5-12(17-6-2)14(15)11-9-10(3)7-8-13(11)16-4/h7-9,12H,5-6H2,1-4H3. The lowest BCUT2D eigenvalue weighted by atomic mass is 10.0. The second kappa shape index (κ2) is 6.40. The molecule has 0 aliphatic heterocycles. The van der Waals surface area contributed by atoms with Crippen molar-refractivity contribution in [2.75, 3.05) is 13.7 Å². The Labute approximate surface area is 103 Å². The predicted molar refractivity (Wildman–Crippen MR) is 67.8 cm³/mol. The smallest absolute Gasteiger partial charge is 0.195 e. The van der Waals surface area contributed by atoms with Gasteiger partial charge in [-0.3, -0.25) is 4.79 Å². The van der Waals surface area contributed by atoms with Crippen LogP contribution in [0.2, 0.25) is 0 Å². The van der Waals surface area contributed by atoms with Gasteiger partial charge in [-0.1, -0.05) is 18.6 Å². The molecular weight excluding hydrogens is 216 g/mol. The zero-order valence-corrected chi connectivity index (χ0v) is 10.9. The largest absolute Gasteiger partial charge is 0.496 e. The van der Waals surface area contributed by atoms with Gasteiger partial charge in [0.2, 0.25) is 0 Å². The molecule has 0 saturated carbocycles. The lowest BCUT2D eigenvalue weighted by molar-refractivity contribution is 0.0441. The molecule has 1 unspecified atom stereocenters. The summed E-state index contributed by atoms with van der Waals surface area (Å²) in [5.74, 6) is 0.605. The summed E-state index contributed by atoms with van der Waals surface area (Å²) in [4.78, 5) is 12.3. The number of aryl methyl sites for hydroxylation is 1. The van der Waals surface area contributed by atoms with Crippen molar-refractivity contribution in [3.05, 3.63) is 29.3 Å². The predicted octanol–water partition coefficient (Wildman–Crippen LogP) is 3.00. The minimum atomic E-state index is -0.379. The lowest BCUT2D eigenvalue weighted by Gasteiger charge is -2.16. The average molecular weight is 236 g/mol. The van der Waals surface area contributed by atoms with Crippen LogP contribution < -0.4 is 4.74 Å². The summed E-state index contributed by atoms with van der Waals surface area (Å²) in [6, 6.07) is 5.60. The molecule has 0 fully saturated rings. The molecule has 0 saturated heterocycles. The molecule has 0 radical (unpaired) electrons. The van der Waals surface area contributed by atoms with E-state index in [2.05, 4.69) is 0 Å². The molecule has 0 aliphatic carbocycles. The number of rotatable bonds is 6. The van der Waals surface area contributed by atoms with Crippen LogP contribution in [0.5, 0.6) is 5.75 Å². The number of ether oxygens (including phenoxy) is 2. The van der Waals surface area contributed by atoms with E-state index < -0.39 is 0 Å². The van der Waals surface area contributed by atoms with Gasteiger partial charge in [-0.2, -0.15) is 0 Å². The number of ketones is 1. The minimum absolute atomic E-state index is 0.00472. The first-order valence-electron chi connectivity index (χ1n) is 5.94. The molecule has 1 atom stereocenters. The maximum absolute atomic E-state index is 12.3. The van der Waals surface area contributed by atoms with Crippen molar-refractivity contribution in [2.24, 2.45) is 0 Å². The summed E-state index contributed by atoms with van der Waals surface area (Å²) < 4.78 is 10.7. The highest BCUT2D eigenvalue weighted by Crippen LogP contribution is 2.22. The topological polar surface area (TPSA) is 35.5 Å². The first-order chi connectivity index (χ1) is 8.13. The summed E-state index contributed by atoms with van der Waals surface area (Å²) in [6.45, 7) is 6.33. The number of benzene rings is 1. The number of carbonyl (C=O) groups is 1. The molecule has 0 heterocycles. The Morgan fingerprint density at radius 2 is 2.06 bits per heavy atom. The van der Waals surface area contributed by atoms with Crippen molar-refractivity contribution in [1.29, 1.82) is 0 Å². The summed E-state index contributed by atoms with van der Waals surface area (Å²) in [6.07, 6.45) is 0.291. The summed E-state index contributed by atoms with van der Waals surface area (Å²) in [5, 5.41) is 0. The molecule has 17 heavy (non-hydrogen) atoms. The zero-order valence-electron chi connectivity index (χ0n) is 10.9. The molecule has 3 nitrogen and oxygen atoms in total. The van der Waals surface area contributed by atoms with Crippen LogP contribution in [0, 0.1) is 6.92 Å². The molecule has 0 aromatic heterocycles. The van der Waals surface area contributed by atoms with Crippen molar-refractivity contribution in [2.45, 2.75) is 33.3 Å². The van der Waals surface area contributed by atoms with Gasteiger partial charge in [-0.15, -0.1) is 0 Å². The fraction of sp³-hybridized carbons (Fsp3) is 0.500. The quantitative estimate of drug-likeness (QED) is 0.712. The van der Waals surface area contributed by atoms with E-state index in [1.165, 1.54) is 0 Å². The molecule has 1 aromatic carbocycles. The van der Waals surface area contributed by atoms with E-state index in [1.54, 1.807) is 7.11 Å². The van der Waals surface area contributed by atoms with Gasteiger partial charge in [0.25, 0.3) is 0 Å². The average Bonchev–Trinajstić information content (AvgIpc) is 2.35. The number of hydrogen-bond acceptors (Lipinski definition) is 3. The highest BCUT2D eigenvalue weighted by molar-refractivity contribution is 6.02. The molecule has 0 bridgehead atoms. The molecule has 0 spiro atoms. The summed E-state index contributed by atoms with van der Waals surface area (Å²) in [7, 11) is 1.57. The number of methoxy groups -OCH3 is 1. The van der Waals surface area contributed by atoms with Gasteiger partial charge in [0, 0.05) is 6.61 Å². The van der Waals surface area contributed by atoms with Gasteiger partial charge in [-0.25, -0.2) is 0 Å². The first kappa shape index (κ1) is 13.7. The molecular formula is C14H20O3. The third kappa shape index (κ3) is 3.30. The Kier molecular flexibility index (Phi) is 5.16. The molecule has 1 rings (SSSR count). The van der Waals surface area contributed by atoms with Gasteiger partial charge in [0.1, 0.15) is 11.9 Å². The number of carbonyl (C=O) groups excluding carboxylic acids is 1. The second-order valence-electron chi connectivity index (χ2n) is 3.92. The van der Waals surface area contributed by atoms with E-state index in [0.717, 1.165) is 5.56 Å². The Hall–Kier alpha value is -1.35. The maximum atomic E-state index is 12.3. The first-order valence-corrected chi connectivity index (χ1v) is 5.94. The molecule has 0 amide bonds. The van der Waals surface area contributed by atoms with Crippen LogP contribution in [0.4, 0.5) is 0 Å². The van der Waals surface area contributed by atoms with Gasteiger partial charge in [-0.05, 0) is 32.4 Å². The van der Waals surface area contributed by atoms with Crippen LogP contribution in [0.15, 0.2) is 18.2 Å². The fourth-order valence-corrected chi connectivity index (χ4v) is 1.77.